The van der Waals surface area contributed by atoms with Crippen molar-refractivity contribution in [3.63, 3.8) is 0 Å². The van der Waals surface area contributed by atoms with Crippen LogP contribution in [0.5, 0.6) is 0 Å². The first-order chi connectivity index (χ1) is 18.1. The fraction of sp³-hybridized carbons (Fsp3) is 1.00. The molecule has 10 atom stereocenters. The Balaban J connectivity index is 1.17. The maximum Gasteiger partial charge on any atom is 0.392 e. The maximum absolute atomic E-state index is 14.2. The van der Waals surface area contributed by atoms with Gasteiger partial charge in [0.05, 0.1) is 18.1 Å². The number of likely N-dealkylation sites (tertiary alicyclic amines) is 1. The molecule has 0 aromatic rings. The standard InChI is InChI=1S/C31H53F3N2O2/c1-20-6-8-23(18-27(20)30-21(2)15-25-5-3-4-12-36(25)30)29(38)17-22-7-9-24(28(16-22)31(32,33)34)19-35-13-10-26(37)11-14-35/h20-30,37-38H,3-19H2,1-2H3. The van der Waals surface area contributed by atoms with Crippen molar-refractivity contribution in [3.05, 3.63) is 0 Å². The van der Waals surface area contributed by atoms with Gasteiger partial charge < -0.3 is 15.1 Å². The van der Waals surface area contributed by atoms with E-state index in [1.165, 1.54) is 32.2 Å². The number of nitrogens with zero attached hydrogens (tertiary/aromatic N) is 2. The minimum Gasteiger partial charge on any atom is -0.393 e. The molecule has 7 heteroatoms. The number of rotatable bonds is 6. The Kier molecular flexibility index (Phi) is 9.39. The fourth-order valence-corrected chi connectivity index (χ4v) is 9.57. The first kappa shape index (κ1) is 29.1. The van der Waals surface area contributed by atoms with E-state index in [1.807, 2.05) is 0 Å². The second-order valence-corrected chi connectivity index (χ2v) is 14.2. The third-order valence-electron chi connectivity index (χ3n) is 11.7. The van der Waals surface area contributed by atoms with E-state index >= 15 is 0 Å². The third-order valence-corrected chi connectivity index (χ3v) is 11.7. The summed E-state index contributed by atoms with van der Waals surface area (Å²) < 4.78 is 42.6. The Hall–Kier alpha value is -0.370. The van der Waals surface area contributed by atoms with E-state index in [1.54, 1.807) is 0 Å². The van der Waals surface area contributed by atoms with Gasteiger partial charge in [0, 0.05) is 31.7 Å². The molecule has 0 radical (unpaired) electrons. The van der Waals surface area contributed by atoms with Crippen LogP contribution < -0.4 is 0 Å². The highest BCUT2D eigenvalue weighted by Crippen LogP contribution is 2.49. The summed E-state index contributed by atoms with van der Waals surface area (Å²) in [6.45, 7) is 7.93. The van der Waals surface area contributed by atoms with Crippen LogP contribution in [0.25, 0.3) is 0 Å². The lowest BCUT2D eigenvalue weighted by Gasteiger charge is -2.46. The molecule has 2 saturated carbocycles. The smallest absolute Gasteiger partial charge is 0.392 e. The van der Waals surface area contributed by atoms with Crippen LogP contribution in [0.4, 0.5) is 13.2 Å². The molecule has 5 aliphatic rings. The van der Waals surface area contributed by atoms with Crippen LogP contribution in [0.3, 0.4) is 0 Å². The molecule has 10 unspecified atom stereocenters. The molecular weight excluding hydrogens is 489 g/mol. The zero-order valence-corrected chi connectivity index (χ0v) is 23.8. The first-order valence-corrected chi connectivity index (χ1v) is 16.0. The van der Waals surface area contributed by atoms with Gasteiger partial charge in [-0.1, -0.05) is 33.1 Å². The molecule has 2 aliphatic carbocycles. The Morgan fingerprint density at radius 3 is 2.34 bits per heavy atom. The highest BCUT2D eigenvalue weighted by atomic mass is 19.4. The average Bonchev–Trinajstić information content (AvgIpc) is 3.21. The zero-order chi connectivity index (χ0) is 27.0. The number of aliphatic hydroxyl groups is 2. The minimum atomic E-state index is -4.18. The van der Waals surface area contributed by atoms with Crippen LogP contribution in [0.2, 0.25) is 0 Å². The Morgan fingerprint density at radius 1 is 0.842 bits per heavy atom. The zero-order valence-electron chi connectivity index (χ0n) is 23.8. The van der Waals surface area contributed by atoms with Gasteiger partial charge in [0.15, 0.2) is 0 Å². The third kappa shape index (κ3) is 6.57. The molecule has 0 amide bonds. The van der Waals surface area contributed by atoms with E-state index in [-0.39, 0.29) is 30.3 Å². The molecular formula is C31H53F3N2O2. The monoisotopic (exact) mass is 542 g/mol. The Labute approximate surface area is 228 Å². The van der Waals surface area contributed by atoms with E-state index < -0.39 is 18.2 Å². The lowest BCUT2D eigenvalue weighted by molar-refractivity contribution is -0.204. The largest absolute Gasteiger partial charge is 0.393 e. The first-order valence-electron chi connectivity index (χ1n) is 16.0. The maximum atomic E-state index is 14.2. The molecule has 0 aromatic carbocycles. The lowest BCUT2D eigenvalue weighted by Crippen LogP contribution is -2.48. The molecule has 220 valence electrons. The number of aliphatic hydroxyl groups excluding tert-OH is 2. The summed E-state index contributed by atoms with van der Waals surface area (Å²) in [6.07, 6.45) is 6.95. The van der Waals surface area contributed by atoms with Crippen molar-refractivity contribution in [1.29, 1.82) is 0 Å². The van der Waals surface area contributed by atoms with Crippen LogP contribution >= 0.6 is 0 Å². The van der Waals surface area contributed by atoms with Gasteiger partial charge in [0.25, 0.3) is 0 Å². The van der Waals surface area contributed by atoms with Crippen molar-refractivity contribution < 1.29 is 23.4 Å². The molecule has 2 N–H and O–H groups in total. The fourth-order valence-electron chi connectivity index (χ4n) is 9.57. The summed E-state index contributed by atoms with van der Waals surface area (Å²) in [5.41, 5.74) is 0. The molecule has 3 heterocycles. The van der Waals surface area contributed by atoms with E-state index in [9.17, 15) is 23.4 Å². The van der Waals surface area contributed by atoms with Crippen LogP contribution in [0.15, 0.2) is 0 Å². The summed E-state index contributed by atoms with van der Waals surface area (Å²) in [6, 6.07) is 1.36. The predicted octanol–water partition coefficient (Wildman–Crippen LogP) is 6.10. The number of hydrogen-bond acceptors (Lipinski definition) is 4. The normalized spacial score (nSPS) is 43.2. The summed E-state index contributed by atoms with van der Waals surface area (Å²) in [5, 5.41) is 21.1. The van der Waals surface area contributed by atoms with Crippen LogP contribution in [-0.2, 0) is 0 Å². The lowest BCUT2D eigenvalue weighted by atomic mass is 9.66. The minimum absolute atomic E-state index is 0.0364. The van der Waals surface area contributed by atoms with Crippen molar-refractivity contribution in [2.45, 2.75) is 128 Å². The van der Waals surface area contributed by atoms with Crippen molar-refractivity contribution in [1.82, 2.24) is 9.80 Å². The van der Waals surface area contributed by atoms with Crippen LogP contribution in [0.1, 0.15) is 97.3 Å². The molecule has 3 saturated heterocycles. The van der Waals surface area contributed by atoms with Gasteiger partial charge in [0.1, 0.15) is 0 Å². The molecule has 5 fully saturated rings. The highest BCUT2D eigenvalue weighted by molar-refractivity contribution is 5.00. The topological polar surface area (TPSA) is 46.9 Å². The van der Waals surface area contributed by atoms with E-state index in [2.05, 4.69) is 23.6 Å². The van der Waals surface area contributed by atoms with Crippen molar-refractivity contribution >= 4 is 0 Å². The molecule has 38 heavy (non-hydrogen) atoms. The van der Waals surface area contributed by atoms with Gasteiger partial charge in [-0.05, 0) is 106 Å². The summed E-state index contributed by atoms with van der Waals surface area (Å²) in [4.78, 5) is 4.94. The van der Waals surface area contributed by atoms with Crippen molar-refractivity contribution in [3.8, 4) is 0 Å². The summed E-state index contributed by atoms with van der Waals surface area (Å²) >= 11 is 0. The molecule has 4 nitrogen and oxygen atoms in total. The van der Waals surface area contributed by atoms with Crippen LogP contribution in [0, 0.1) is 41.4 Å². The molecule has 0 aromatic heterocycles. The van der Waals surface area contributed by atoms with Crippen LogP contribution in [-0.4, -0.2) is 76.7 Å². The summed E-state index contributed by atoms with van der Waals surface area (Å²) in [5.74, 6) is 0.526. The van der Waals surface area contributed by atoms with Gasteiger partial charge in [-0.2, -0.15) is 13.2 Å². The highest BCUT2D eigenvalue weighted by Gasteiger charge is 2.50. The van der Waals surface area contributed by atoms with E-state index in [0.29, 0.717) is 69.1 Å². The van der Waals surface area contributed by atoms with Gasteiger partial charge in [0.2, 0.25) is 0 Å². The van der Waals surface area contributed by atoms with Gasteiger partial charge >= 0.3 is 6.18 Å². The Bertz CT molecular complexity index is 758. The van der Waals surface area contributed by atoms with E-state index in [4.69, 9.17) is 0 Å². The second-order valence-electron chi connectivity index (χ2n) is 14.2. The number of hydrogen-bond donors (Lipinski definition) is 2. The molecule has 3 aliphatic heterocycles. The van der Waals surface area contributed by atoms with Gasteiger partial charge in [-0.3, -0.25) is 4.90 Å². The van der Waals surface area contributed by atoms with Crippen molar-refractivity contribution in [2.24, 2.45) is 41.4 Å². The molecule has 0 bridgehead atoms. The van der Waals surface area contributed by atoms with Gasteiger partial charge in [-0.15, -0.1) is 0 Å². The van der Waals surface area contributed by atoms with E-state index in [0.717, 1.165) is 31.7 Å². The predicted molar refractivity (Wildman–Crippen MR) is 145 cm³/mol. The number of fused-ring (bicyclic) bond motifs is 1. The molecule has 0 spiro atoms. The SMILES string of the molecule is CC1CCC(C(O)CC2CCC(CN3CCC(O)CC3)C(C(F)(F)F)C2)CC1C1C(C)CC2CCCCN21. The van der Waals surface area contributed by atoms with Crippen molar-refractivity contribution in [2.75, 3.05) is 26.2 Å². The summed E-state index contributed by atoms with van der Waals surface area (Å²) in [7, 11) is 0. The number of alkyl halides is 3. The number of halogens is 3. The molecule has 5 rings (SSSR count). The second kappa shape index (κ2) is 12.2. The average molecular weight is 543 g/mol. The number of piperidine rings is 2. The quantitative estimate of drug-likeness (QED) is 0.426. The van der Waals surface area contributed by atoms with Gasteiger partial charge in [-0.25, -0.2) is 0 Å². The Morgan fingerprint density at radius 2 is 1.61 bits per heavy atom.